The summed E-state index contributed by atoms with van der Waals surface area (Å²) in [4.78, 5) is 13.8. The topological polar surface area (TPSA) is 93.5 Å². The molecule has 1 amide bonds. The van der Waals surface area contributed by atoms with Gasteiger partial charge in [-0.2, -0.15) is 5.26 Å². The first-order chi connectivity index (χ1) is 10.2. The second-order valence-electron chi connectivity index (χ2n) is 5.08. The number of nitrogens with one attached hydrogen (secondary N) is 1. The summed E-state index contributed by atoms with van der Waals surface area (Å²) in [5.74, 6) is -0.394. The summed E-state index contributed by atoms with van der Waals surface area (Å²) in [5.41, 5.74) is 0.628. The van der Waals surface area contributed by atoms with E-state index in [4.69, 9.17) is 5.26 Å². The molecule has 0 fully saturated rings. The maximum Gasteiger partial charge on any atom is 0.240 e. The van der Waals surface area contributed by atoms with Crippen LogP contribution in [0.2, 0.25) is 0 Å². The van der Waals surface area contributed by atoms with Gasteiger partial charge in [-0.25, -0.2) is 8.42 Å². The van der Waals surface area contributed by atoms with Gasteiger partial charge in [0.1, 0.15) is 6.54 Å². The van der Waals surface area contributed by atoms with Crippen molar-refractivity contribution in [2.45, 2.75) is 0 Å². The van der Waals surface area contributed by atoms with Crippen molar-refractivity contribution in [3.05, 3.63) is 29.8 Å². The molecule has 0 aromatic heterocycles. The van der Waals surface area contributed by atoms with Crippen LogP contribution < -0.4 is 9.62 Å². The van der Waals surface area contributed by atoms with Crippen LogP contribution in [0.25, 0.3) is 0 Å². The summed E-state index contributed by atoms with van der Waals surface area (Å²) >= 11 is 0. The number of rotatable bonds is 7. The Kier molecular flexibility index (Phi) is 6.34. The zero-order valence-electron chi connectivity index (χ0n) is 12.9. The number of nitriles is 1. The van der Waals surface area contributed by atoms with Crippen molar-refractivity contribution in [2.75, 3.05) is 44.3 Å². The van der Waals surface area contributed by atoms with Gasteiger partial charge in [-0.15, -0.1) is 0 Å². The van der Waals surface area contributed by atoms with E-state index in [0.29, 0.717) is 24.3 Å². The highest BCUT2D eigenvalue weighted by Gasteiger charge is 2.20. The third kappa shape index (κ3) is 5.71. The molecule has 0 aliphatic heterocycles. The van der Waals surface area contributed by atoms with Crippen LogP contribution in [0.1, 0.15) is 5.56 Å². The predicted octanol–water partition coefficient (Wildman–Crippen LogP) is 0.00208. The molecule has 0 bridgehead atoms. The first kappa shape index (κ1) is 17.9. The predicted molar refractivity (Wildman–Crippen MR) is 84.9 cm³/mol. The zero-order valence-corrected chi connectivity index (χ0v) is 13.7. The molecule has 0 radical (unpaired) electrons. The standard InChI is InChI=1S/C14H20N4O3S/c1-17(2)8-7-16-14(19)11-18(22(3,20)21)13-6-4-5-12(9-13)10-15/h4-6,9H,7-8,11H2,1-3H3,(H,16,19). The average Bonchev–Trinajstić information content (AvgIpc) is 2.43. The number of hydrogen-bond acceptors (Lipinski definition) is 5. The van der Waals surface area contributed by atoms with E-state index >= 15 is 0 Å². The summed E-state index contributed by atoms with van der Waals surface area (Å²) in [6, 6.07) is 8.09. The van der Waals surface area contributed by atoms with Gasteiger partial charge in [-0.3, -0.25) is 9.10 Å². The molecule has 0 spiro atoms. The van der Waals surface area contributed by atoms with Crippen LogP contribution in [-0.2, 0) is 14.8 Å². The summed E-state index contributed by atoms with van der Waals surface area (Å²) in [6.07, 6.45) is 1.03. The lowest BCUT2D eigenvalue weighted by atomic mass is 10.2. The number of hydrogen-bond donors (Lipinski definition) is 1. The van der Waals surface area contributed by atoms with Crippen molar-refractivity contribution in [3.63, 3.8) is 0 Å². The van der Waals surface area contributed by atoms with Crippen molar-refractivity contribution >= 4 is 21.6 Å². The number of likely N-dealkylation sites (N-methyl/N-ethyl adjacent to an activating group) is 1. The molecule has 0 saturated heterocycles. The first-order valence-corrected chi connectivity index (χ1v) is 8.48. The van der Waals surface area contributed by atoms with Crippen molar-refractivity contribution in [1.82, 2.24) is 10.2 Å². The van der Waals surface area contributed by atoms with E-state index in [1.807, 2.05) is 25.1 Å². The molecule has 0 saturated carbocycles. The zero-order chi connectivity index (χ0) is 16.8. The van der Waals surface area contributed by atoms with E-state index in [0.717, 1.165) is 10.6 Å². The average molecular weight is 324 g/mol. The van der Waals surface area contributed by atoms with E-state index in [-0.39, 0.29) is 6.54 Å². The Morgan fingerprint density at radius 3 is 2.59 bits per heavy atom. The molecule has 22 heavy (non-hydrogen) atoms. The van der Waals surface area contributed by atoms with E-state index in [2.05, 4.69) is 5.32 Å². The Morgan fingerprint density at radius 1 is 1.36 bits per heavy atom. The molecule has 0 aliphatic rings. The second kappa shape index (κ2) is 7.77. The highest BCUT2D eigenvalue weighted by molar-refractivity contribution is 7.92. The van der Waals surface area contributed by atoms with Gasteiger partial charge in [0.05, 0.1) is 23.6 Å². The Hall–Kier alpha value is -2.11. The van der Waals surface area contributed by atoms with Crippen molar-refractivity contribution in [2.24, 2.45) is 0 Å². The largest absolute Gasteiger partial charge is 0.353 e. The molecule has 1 aromatic carbocycles. The Morgan fingerprint density at radius 2 is 2.05 bits per heavy atom. The number of sulfonamides is 1. The van der Waals surface area contributed by atoms with Crippen LogP contribution >= 0.6 is 0 Å². The number of benzene rings is 1. The van der Waals surface area contributed by atoms with Crippen LogP contribution in [0.4, 0.5) is 5.69 Å². The molecule has 8 heteroatoms. The van der Waals surface area contributed by atoms with E-state index in [1.54, 1.807) is 18.2 Å². The Bertz CT molecular complexity index is 665. The number of anilines is 1. The lowest BCUT2D eigenvalue weighted by Gasteiger charge is -2.22. The molecule has 1 rings (SSSR count). The molecule has 0 heterocycles. The van der Waals surface area contributed by atoms with Gasteiger partial charge >= 0.3 is 0 Å². The second-order valence-corrected chi connectivity index (χ2v) is 6.99. The van der Waals surface area contributed by atoms with Crippen LogP contribution in [0, 0.1) is 11.3 Å². The summed E-state index contributed by atoms with van der Waals surface area (Å²) in [5, 5.41) is 11.6. The van der Waals surface area contributed by atoms with Crippen LogP contribution in [0.15, 0.2) is 24.3 Å². The van der Waals surface area contributed by atoms with Crippen molar-refractivity contribution in [1.29, 1.82) is 5.26 Å². The molecule has 0 atom stereocenters. The van der Waals surface area contributed by atoms with Gasteiger partial charge in [0, 0.05) is 13.1 Å². The van der Waals surface area contributed by atoms with E-state index < -0.39 is 15.9 Å². The van der Waals surface area contributed by atoms with E-state index in [9.17, 15) is 13.2 Å². The van der Waals surface area contributed by atoms with Crippen LogP contribution in [0.5, 0.6) is 0 Å². The van der Waals surface area contributed by atoms with E-state index in [1.165, 1.54) is 6.07 Å². The van der Waals surface area contributed by atoms with Gasteiger partial charge < -0.3 is 10.2 Å². The fourth-order valence-electron chi connectivity index (χ4n) is 1.74. The lowest BCUT2D eigenvalue weighted by Crippen LogP contribution is -2.42. The molecule has 1 aromatic rings. The van der Waals surface area contributed by atoms with Crippen molar-refractivity contribution in [3.8, 4) is 6.07 Å². The van der Waals surface area contributed by atoms with Crippen molar-refractivity contribution < 1.29 is 13.2 Å². The molecule has 0 aliphatic carbocycles. The molecule has 0 unspecified atom stereocenters. The monoisotopic (exact) mass is 324 g/mol. The number of carbonyl (C=O) groups is 1. The highest BCUT2D eigenvalue weighted by Crippen LogP contribution is 2.18. The molecular weight excluding hydrogens is 304 g/mol. The summed E-state index contributed by atoms with van der Waals surface area (Å²) < 4.78 is 24.8. The summed E-state index contributed by atoms with van der Waals surface area (Å²) in [6.45, 7) is 0.775. The maximum atomic E-state index is 11.9. The third-order valence-corrected chi connectivity index (χ3v) is 3.97. The molecular formula is C14H20N4O3S. The van der Waals surface area contributed by atoms with Gasteiger partial charge in [0.25, 0.3) is 0 Å². The highest BCUT2D eigenvalue weighted by atomic mass is 32.2. The first-order valence-electron chi connectivity index (χ1n) is 6.63. The van der Waals surface area contributed by atoms with Gasteiger partial charge in [-0.05, 0) is 32.3 Å². The Balaban J connectivity index is 2.87. The lowest BCUT2D eigenvalue weighted by molar-refractivity contribution is -0.119. The third-order valence-electron chi connectivity index (χ3n) is 2.83. The molecule has 7 nitrogen and oxygen atoms in total. The maximum absolute atomic E-state index is 11.9. The smallest absolute Gasteiger partial charge is 0.240 e. The SMILES string of the molecule is CN(C)CCNC(=O)CN(c1cccc(C#N)c1)S(C)(=O)=O. The molecule has 1 N–H and O–H groups in total. The normalized spacial score (nSPS) is 11.0. The van der Waals surface area contributed by atoms with Gasteiger partial charge in [0.15, 0.2) is 0 Å². The number of carbonyl (C=O) groups excluding carboxylic acids is 1. The Labute approximate surface area is 131 Å². The number of nitrogens with zero attached hydrogens (tertiary/aromatic N) is 3. The molecule has 120 valence electrons. The fourth-order valence-corrected chi connectivity index (χ4v) is 2.58. The minimum absolute atomic E-state index is 0.296. The fraction of sp³-hybridized carbons (Fsp3) is 0.429. The minimum Gasteiger partial charge on any atom is -0.353 e. The van der Waals surface area contributed by atoms with Crippen LogP contribution in [-0.4, -0.2) is 59.2 Å². The van der Waals surface area contributed by atoms with Gasteiger partial charge in [0.2, 0.25) is 15.9 Å². The van der Waals surface area contributed by atoms with Crippen LogP contribution in [0.3, 0.4) is 0 Å². The number of amides is 1. The van der Waals surface area contributed by atoms with Gasteiger partial charge in [-0.1, -0.05) is 6.07 Å². The summed E-state index contributed by atoms with van der Waals surface area (Å²) in [7, 11) is 0.128. The quantitative estimate of drug-likeness (QED) is 0.762. The minimum atomic E-state index is -3.63.